The number of ether oxygens (including phenoxy) is 2. The van der Waals surface area contributed by atoms with Crippen LogP contribution in [0.3, 0.4) is 0 Å². The van der Waals surface area contributed by atoms with E-state index in [1.165, 1.54) is 0 Å². The molecule has 9 nitrogen and oxygen atoms in total. The fourth-order valence-electron chi connectivity index (χ4n) is 4.13. The first-order valence-corrected chi connectivity index (χ1v) is 14.8. The smallest absolute Gasteiger partial charge is 0.294 e. The number of anilines is 2. The summed E-state index contributed by atoms with van der Waals surface area (Å²) < 4.78 is 12.2. The average molecular weight is 653 g/mol. The van der Waals surface area contributed by atoms with Crippen molar-refractivity contribution in [2.75, 3.05) is 30.4 Å². The van der Waals surface area contributed by atoms with Crippen LogP contribution < -0.4 is 20.1 Å². The summed E-state index contributed by atoms with van der Waals surface area (Å²) in [5.74, 6) is -0.389. The van der Waals surface area contributed by atoms with Crippen LogP contribution in [0.15, 0.2) is 76.1 Å². The molecule has 3 aromatic carbocycles. The first-order chi connectivity index (χ1) is 20.2. The van der Waals surface area contributed by atoms with Crippen LogP contribution in [0, 0.1) is 0 Å². The van der Waals surface area contributed by atoms with Crippen LogP contribution in [-0.2, 0) is 14.4 Å². The molecule has 1 aliphatic rings. The highest BCUT2D eigenvalue weighted by molar-refractivity contribution is 9.10. The van der Waals surface area contributed by atoms with Gasteiger partial charge in [0.15, 0.2) is 18.1 Å². The van der Waals surface area contributed by atoms with E-state index in [1.54, 1.807) is 42.5 Å². The highest BCUT2D eigenvalue weighted by atomic mass is 79.9. The van der Waals surface area contributed by atoms with Gasteiger partial charge in [0.25, 0.3) is 17.1 Å². The summed E-state index contributed by atoms with van der Waals surface area (Å²) in [7, 11) is 0. The van der Waals surface area contributed by atoms with Crippen molar-refractivity contribution in [2.24, 2.45) is 0 Å². The number of nitrogens with one attached hydrogen (secondary N) is 2. The third-order valence-electron chi connectivity index (χ3n) is 6.10. The second-order valence-electron chi connectivity index (χ2n) is 9.51. The van der Waals surface area contributed by atoms with Crippen molar-refractivity contribution in [2.45, 2.75) is 26.7 Å². The predicted octanol–water partition coefficient (Wildman–Crippen LogP) is 6.66. The van der Waals surface area contributed by atoms with E-state index in [9.17, 15) is 19.2 Å². The quantitative estimate of drug-likeness (QED) is 0.223. The van der Waals surface area contributed by atoms with Gasteiger partial charge in [0, 0.05) is 10.2 Å². The number of hydrogen-bond donors (Lipinski definition) is 2. The number of imide groups is 1. The van der Waals surface area contributed by atoms with Gasteiger partial charge in [-0.25, -0.2) is 0 Å². The van der Waals surface area contributed by atoms with Crippen molar-refractivity contribution < 1.29 is 28.7 Å². The minimum absolute atomic E-state index is 0.174. The fraction of sp³-hybridized carbons (Fsp3) is 0.226. The molecule has 218 valence electrons. The Bertz CT molecular complexity index is 1540. The molecule has 4 rings (SSSR count). The number of amides is 4. The van der Waals surface area contributed by atoms with Crippen molar-refractivity contribution in [3.8, 4) is 11.5 Å². The maximum atomic E-state index is 13.0. The Hall–Kier alpha value is -4.09. The number of nitrogens with zero attached hydrogens (tertiary/aromatic N) is 1. The first-order valence-electron chi connectivity index (χ1n) is 13.2. The summed E-state index contributed by atoms with van der Waals surface area (Å²) in [6.07, 6.45) is 1.55. The summed E-state index contributed by atoms with van der Waals surface area (Å²) in [4.78, 5) is 51.8. The fourth-order valence-corrected chi connectivity index (χ4v) is 5.35. The molecule has 1 aliphatic heterocycles. The summed E-state index contributed by atoms with van der Waals surface area (Å²) in [6, 6.07) is 19.7. The number of carbonyl (C=O) groups excluding carboxylic acids is 4. The molecular weight excluding hydrogens is 622 g/mol. The van der Waals surface area contributed by atoms with Crippen LogP contribution in [0.2, 0.25) is 0 Å². The Labute approximate surface area is 256 Å². The van der Waals surface area contributed by atoms with E-state index < -0.39 is 23.6 Å². The third kappa shape index (κ3) is 7.80. The molecular formula is C31H30BrN3O6S. The Kier molecular flexibility index (Phi) is 10.4. The van der Waals surface area contributed by atoms with E-state index in [-0.39, 0.29) is 23.3 Å². The van der Waals surface area contributed by atoms with Crippen LogP contribution in [0.1, 0.15) is 37.8 Å². The number of halogens is 1. The van der Waals surface area contributed by atoms with E-state index in [0.717, 1.165) is 27.9 Å². The molecule has 2 N–H and O–H groups in total. The van der Waals surface area contributed by atoms with Crippen molar-refractivity contribution >= 4 is 68.1 Å². The van der Waals surface area contributed by atoms with E-state index in [1.807, 2.05) is 37.3 Å². The number of thioether (sulfide) groups is 1. The van der Waals surface area contributed by atoms with Crippen molar-refractivity contribution in [3.63, 3.8) is 0 Å². The topological polar surface area (TPSA) is 114 Å². The number of para-hydroxylation sites is 2. The molecule has 0 unspecified atom stereocenters. The Balaban J connectivity index is 1.41. The minimum atomic E-state index is -0.566. The van der Waals surface area contributed by atoms with Gasteiger partial charge in [-0.2, -0.15) is 0 Å². The van der Waals surface area contributed by atoms with Gasteiger partial charge < -0.3 is 20.1 Å². The summed E-state index contributed by atoms with van der Waals surface area (Å²) in [6.45, 7) is 5.63. The van der Waals surface area contributed by atoms with E-state index >= 15 is 0 Å². The minimum Gasteiger partial charge on any atom is -0.490 e. The summed E-state index contributed by atoms with van der Waals surface area (Å²) in [5.41, 5.74) is 2.89. The standard InChI is InChI=1S/C31H30BrN3O6S/c1-4-40-26-15-20(13-14-25(26)41-18-29(37)33-23-11-7-5-9-21(23)19(2)3)16-27-30(38)35(31(39)42-27)17-28(36)34-24-12-8-6-10-22(24)32/h5-16,19H,4,17-18H2,1-3H3,(H,33,37)(H,34,36)/b27-16+. The number of hydrogen-bond acceptors (Lipinski definition) is 7. The van der Waals surface area contributed by atoms with Crippen molar-refractivity contribution in [1.29, 1.82) is 0 Å². The van der Waals surface area contributed by atoms with Crippen LogP contribution in [0.4, 0.5) is 16.2 Å². The van der Waals surface area contributed by atoms with Gasteiger partial charge in [-0.05, 0) is 88.1 Å². The van der Waals surface area contributed by atoms with Crippen LogP contribution >= 0.6 is 27.7 Å². The molecule has 0 bridgehead atoms. The van der Waals surface area contributed by atoms with Crippen molar-refractivity contribution in [1.82, 2.24) is 4.90 Å². The van der Waals surface area contributed by atoms with Crippen LogP contribution in [0.25, 0.3) is 6.08 Å². The molecule has 0 radical (unpaired) electrons. The number of benzene rings is 3. The van der Waals surface area contributed by atoms with E-state index in [0.29, 0.717) is 33.8 Å². The van der Waals surface area contributed by atoms with Gasteiger partial charge in [0.1, 0.15) is 6.54 Å². The Morgan fingerprint density at radius 2 is 1.62 bits per heavy atom. The molecule has 1 fully saturated rings. The monoisotopic (exact) mass is 651 g/mol. The molecule has 0 atom stereocenters. The number of rotatable bonds is 11. The average Bonchev–Trinajstić information content (AvgIpc) is 3.21. The Morgan fingerprint density at radius 3 is 2.33 bits per heavy atom. The van der Waals surface area contributed by atoms with Gasteiger partial charge in [-0.15, -0.1) is 0 Å². The largest absolute Gasteiger partial charge is 0.490 e. The first kappa shape index (κ1) is 30.9. The highest BCUT2D eigenvalue weighted by Gasteiger charge is 2.36. The van der Waals surface area contributed by atoms with Gasteiger partial charge in [-0.3, -0.25) is 24.1 Å². The number of carbonyl (C=O) groups is 4. The second-order valence-corrected chi connectivity index (χ2v) is 11.4. The lowest BCUT2D eigenvalue weighted by atomic mass is 10.0. The molecule has 0 aromatic heterocycles. The zero-order valence-corrected chi connectivity index (χ0v) is 25.7. The van der Waals surface area contributed by atoms with Gasteiger partial charge >= 0.3 is 0 Å². The Morgan fingerprint density at radius 1 is 0.929 bits per heavy atom. The normalized spacial score (nSPS) is 13.9. The van der Waals surface area contributed by atoms with E-state index in [2.05, 4.69) is 40.4 Å². The highest BCUT2D eigenvalue weighted by Crippen LogP contribution is 2.35. The van der Waals surface area contributed by atoms with Gasteiger partial charge in [-0.1, -0.05) is 50.2 Å². The lowest BCUT2D eigenvalue weighted by Crippen LogP contribution is -2.36. The van der Waals surface area contributed by atoms with Crippen molar-refractivity contribution in [3.05, 3.63) is 87.2 Å². The summed E-state index contributed by atoms with van der Waals surface area (Å²) >= 11 is 4.11. The lowest BCUT2D eigenvalue weighted by molar-refractivity contribution is -0.127. The second kappa shape index (κ2) is 14.2. The molecule has 0 spiro atoms. The van der Waals surface area contributed by atoms with Crippen LogP contribution in [0.5, 0.6) is 11.5 Å². The molecule has 4 amide bonds. The maximum Gasteiger partial charge on any atom is 0.294 e. The summed E-state index contributed by atoms with van der Waals surface area (Å²) in [5, 5.41) is 5.05. The molecule has 11 heteroatoms. The zero-order chi connectivity index (χ0) is 30.2. The molecule has 3 aromatic rings. The zero-order valence-electron chi connectivity index (χ0n) is 23.3. The predicted molar refractivity (Wildman–Crippen MR) is 168 cm³/mol. The maximum absolute atomic E-state index is 13.0. The molecule has 0 saturated carbocycles. The molecule has 0 aliphatic carbocycles. The van der Waals surface area contributed by atoms with Gasteiger partial charge in [0.2, 0.25) is 5.91 Å². The molecule has 42 heavy (non-hydrogen) atoms. The van der Waals surface area contributed by atoms with E-state index in [4.69, 9.17) is 9.47 Å². The molecule has 1 heterocycles. The SMILES string of the molecule is CCOc1cc(/C=C2/SC(=O)N(CC(=O)Nc3ccccc3Br)C2=O)ccc1OCC(=O)Nc1ccccc1C(C)C. The van der Waals surface area contributed by atoms with Gasteiger partial charge in [0.05, 0.1) is 17.2 Å². The lowest BCUT2D eigenvalue weighted by Gasteiger charge is -2.15. The van der Waals surface area contributed by atoms with Crippen LogP contribution in [-0.4, -0.2) is 47.6 Å². The molecule has 1 saturated heterocycles. The third-order valence-corrected chi connectivity index (χ3v) is 7.70.